The van der Waals surface area contributed by atoms with Gasteiger partial charge in [-0.3, -0.25) is 0 Å². The number of oxime groups is 1. The van der Waals surface area contributed by atoms with E-state index in [0.29, 0.717) is 11.1 Å². The normalized spacial score (nSPS) is 15.2. The predicted molar refractivity (Wildman–Crippen MR) is 81.5 cm³/mol. The number of benzene rings is 2. The highest BCUT2D eigenvalue weighted by atomic mass is 79.9. The van der Waals surface area contributed by atoms with Crippen LogP contribution in [0.1, 0.15) is 23.1 Å². The van der Waals surface area contributed by atoms with Crippen LogP contribution < -0.4 is 4.74 Å². The summed E-state index contributed by atoms with van der Waals surface area (Å²) in [5, 5.41) is 12.2. The molecule has 0 aliphatic heterocycles. The Morgan fingerprint density at radius 1 is 1.19 bits per heavy atom. The molecule has 1 aliphatic rings. The second-order valence-electron chi connectivity index (χ2n) is 4.90. The van der Waals surface area contributed by atoms with Crippen molar-refractivity contribution in [1.82, 2.24) is 0 Å². The fraction of sp³-hybridized carbons (Fsp3) is 0.188. The van der Waals surface area contributed by atoms with E-state index in [1.807, 2.05) is 18.2 Å². The minimum Gasteiger partial charge on any atom is -0.489 e. The van der Waals surface area contributed by atoms with Gasteiger partial charge in [0.15, 0.2) is 0 Å². The minimum atomic E-state index is -0.285. The molecule has 3 nitrogen and oxygen atoms in total. The minimum absolute atomic E-state index is 0.285. The van der Waals surface area contributed by atoms with Crippen LogP contribution in [-0.2, 0) is 13.0 Å². The van der Waals surface area contributed by atoms with E-state index in [-0.39, 0.29) is 5.82 Å². The largest absolute Gasteiger partial charge is 0.489 e. The molecule has 0 bridgehead atoms. The summed E-state index contributed by atoms with van der Waals surface area (Å²) in [4.78, 5) is 0. The summed E-state index contributed by atoms with van der Waals surface area (Å²) in [6, 6.07) is 10.5. The fourth-order valence-electron chi connectivity index (χ4n) is 2.44. The number of nitrogens with zero attached hydrogens (tertiary/aromatic N) is 1. The topological polar surface area (TPSA) is 41.8 Å². The van der Waals surface area contributed by atoms with E-state index >= 15 is 0 Å². The summed E-state index contributed by atoms with van der Waals surface area (Å²) in [7, 11) is 0. The molecule has 108 valence electrons. The molecule has 0 radical (unpaired) electrons. The Hall–Kier alpha value is -1.88. The van der Waals surface area contributed by atoms with Crippen LogP contribution in [0.4, 0.5) is 4.39 Å². The number of aryl methyl sites for hydroxylation is 1. The van der Waals surface area contributed by atoms with Crippen molar-refractivity contribution < 1.29 is 14.3 Å². The summed E-state index contributed by atoms with van der Waals surface area (Å²) in [5.41, 5.74) is 3.72. The van der Waals surface area contributed by atoms with E-state index in [0.717, 1.165) is 41.0 Å². The standard InChI is InChI=1S/C16H13BrFNO2/c17-14-7-10(1-5-15(14)18)9-21-12-3-4-13-11(8-12)2-6-16(13)19-20/h1,3-5,7-8,20H,2,6,9H2/b19-16-. The van der Waals surface area contributed by atoms with Gasteiger partial charge in [-0.1, -0.05) is 11.2 Å². The molecule has 0 unspecified atom stereocenters. The van der Waals surface area contributed by atoms with Crippen LogP contribution in [0.2, 0.25) is 0 Å². The van der Waals surface area contributed by atoms with E-state index in [1.165, 1.54) is 6.07 Å². The van der Waals surface area contributed by atoms with Gasteiger partial charge in [-0.15, -0.1) is 0 Å². The Labute approximate surface area is 130 Å². The van der Waals surface area contributed by atoms with Gasteiger partial charge in [0.05, 0.1) is 10.2 Å². The predicted octanol–water partition coefficient (Wildman–Crippen LogP) is 4.29. The molecule has 3 rings (SSSR count). The Morgan fingerprint density at radius 2 is 2.05 bits per heavy atom. The maximum Gasteiger partial charge on any atom is 0.137 e. The van der Waals surface area contributed by atoms with Crippen LogP contribution in [0.5, 0.6) is 5.75 Å². The Balaban J connectivity index is 1.73. The molecule has 0 heterocycles. The van der Waals surface area contributed by atoms with Gasteiger partial charge >= 0.3 is 0 Å². The third-order valence-corrected chi connectivity index (χ3v) is 4.14. The third-order valence-electron chi connectivity index (χ3n) is 3.53. The van der Waals surface area contributed by atoms with Crippen molar-refractivity contribution in [3.8, 4) is 5.75 Å². The molecule has 2 aromatic carbocycles. The molecular weight excluding hydrogens is 337 g/mol. The van der Waals surface area contributed by atoms with Gasteiger partial charge in [-0.25, -0.2) is 4.39 Å². The maximum absolute atomic E-state index is 13.2. The summed E-state index contributed by atoms with van der Waals surface area (Å²) in [6.45, 7) is 0.374. The van der Waals surface area contributed by atoms with Crippen LogP contribution in [0.25, 0.3) is 0 Å². The lowest BCUT2D eigenvalue weighted by atomic mass is 10.1. The summed E-state index contributed by atoms with van der Waals surface area (Å²) in [5.74, 6) is 0.473. The zero-order valence-electron chi connectivity index (χ0n) is 11.1. The van der Waals surface area contributed by atoms with Gasteiger partial charge in [-0.2, -0.15) is 0 Å². The quantitative estimate of drug-likeness (QED) is 0.663. The molecule has 0 atom stereocenters. The van der Waals surface area contributed by atoms with Crippen molar-refractivity contribution in [3.05, 3.63) is 63.4 Å². The highest BCUT2D eigenvalue weighted by Crippen LogP contribution is 2.27. The molecule has 0 saturated heterocycles. The molecule has 0 spiro atoms. The Kier molecular flexibility index (Phi) is 3.92. The number of hydrogen-bond donors (Lipinski definition) is 1. The van der Waals surface area contributed by atoms with Crippen molar-refractivity contribution in [3.63, 3.8) is 0 Å². The Morgan fingerprint density at radius 3 is 2.81 bits per heavy atom. The number of rotatable bonds is 3. The second kappa shape index (κ2) is 5.85. The first-order chi connectivity index (χ1) is 10.2. The molecule has 1 N–H and O–H groups in total. The van der Waals surface area contributed by atoms with Gasteiger partial charge in [-0.05, 0) is 70.2 Å². The highest BCUT2D eigenvalue weighted by Gasteiger charge is 2.18. The molecule has 5 heteroatoms. The molecule has 21 heavy (non-hydrogen) atoms. The summed E-state index contributed by atoms with van der Waals surface area (Å²) in [6.07, 6.45) is 1.61. The van der Waals surface area contributed by atoms with Crippen LogP contribution in [0.3, 0.4) is 0 Å². The monoisotopic (exact) mass is 349 g/mol. The zero-order chi connectivity index (χ0) is 14.8. The van der Waals surface area contributed by atoms with Crippen LogP contribution in [0.15, 0.2) is 46.0 Å². The Bertz CT molecular complexity index is 715. The first-order valence-corrected chi connectivity index (χ1v) is 7.37. The van der Waals surface area contributed by atoms with Crippen LogP contribution >= 0.6 is 15.9 Å². The van der Waals surface area contributed by atoms with Crippen molar-refractivity contribution in [2.75, 3.05) is 0 Å². The van der Waals surface area contributed by atoms with Gasteiger partial charge in [0.1, 0.15) is 18.2 Å². The zero-order valence-corrected chi connectivity index (χ0v) is 12.7. The molecule has 2 aromatic rings. The van der Waals surface area contributed by atoms with E-state index in [9.17, 15) is 4.39 Å². The first kappa shape index (κ1) is 14.1. The van der Waals surface area contributed by atoms with E-state index in [2.05, 4.69) is 21.1 Å². The third kappa shape index (κ3) is 2.93. The van der Waals surface area contributed by atoms with E-state index in [1.54, 1.807) is 12.1 Å². The van der Waals surface area contributed by atoms with Gasteiger partial charge in [0.2, 0.25) is 0 Å². The number of ether oxygens (including phenoxy) is 1. The number of hydrogen-bond acceptors (Lipinski definition) is 3. The average molecular weight is 350 g/mol. The van der Waals surface area contributed by atoms with Gasteiger partial charge in [0, 0.05) is 5.56 Å². The average Bonchev–Trinajstić information content (AvgIpc) is 2.90. The van der Waals surface area contributed by atoms with Crippen molar-refractivity contribution in [1.29, 1.82) is 0 Å². The molecule has 0 amide bonds. The number of fused-ring (bicyclic) bond motifs is 1. The molecule has 0 saturated carbocycles. The van der Waals surface area contributed by atoms with Gasteiger partial charge < -0.3 is 9.94 Å². The smallest absolute Gasteiger partial charge is 0.137 e. The lowest BCUT2D eigenvalue weighted by molar-refractivity contribution is 0.305. The summed E-state index contributed by atoms with van der Waals surface area (Å²) < 4.78 is 19.3. The maximum atomic E-state index is 13.2. The van der Waals surface area contributed by atoms with Crippen LogP contribution in [-0.4, -0.2) is 10.9 Å². The second-order valence-corrected chi connectivity index (χ2v) is 5.76. The van der Waals surface area contributed by atoms with E-state index < -0.39 is 0 Å². The molecule has 0 aromatic heterocycles. The molecule has 0 fully saturated rings. The van der Waals surface area contributed by atoms with Crippen molar-refractivity contribution in [2.45, 2.75) is 19.4 Å². The number of halogens is 2. The lowest BCUT2D eigenvalue weighted by Gasteiger charge is -2.08. The molecule has 1 aliphatic carbocycles. The van der Waals surface area contributed by atoms with Crippen LogP contribution in [0, 0.1) is 5.82 Å². The highest BCUT2D eigenvalue weighted by molar-refractivity contribution is 9.10. The molecular formula is C16H13BrFNO2. The van der Waals surface area contributed by atoms with E-state index in [4.69, 9.17) is 9.94 Å². The summed E-state index contributed by atoms with van der Waals surface area (Å²) >= 11 is 3.16. The van der Waals surface area contributed by atoms with Gasteiger partial charge in [0.25, 0.3) is 0 Å². The lowest BCUT2D eigenvalue weighted by Crippen LogP contribution is -1.98. The SMILES string of the molecule is O/N=C1/CCc2cc(OCc3ccc(F)c(Br)c3)ccc21. The van der Waals surface area contributed by atoms with Crippen molar-refractivity contribution in [2.24, 2.45) is 5.16 Å². The van der Waals surface area contributed by atoms with Crippen molar-refractivity contribution >= 4 is 21.6 Å². The fourth-order valence-corrected chi connectivity index (χ4v) is 2.86. The first-order valence-electron chi connectivity index (χ1n) is 6.58.